The standard InChI is InChI=1S/BHO2.2K/c2-1-3;;/h1H;;/q-2;2*+1. The summed E-state index contributed by atoms with van der Waals surface area (Å²) in [5, 5.41) is 16.8. The molecule has 0 radical (unpaired) electrons. The van der Waals surface area contributed by atoms with E-state index in [0.717, 1.165) is 0 Å². The molecule has 0 bridgehead atoms. The third-order valence-corrected chi connectivity index (χ3v) is 0. The van der Waals surface area contributed by atoms with Gasteiger partial charge in [-0.25, -0.2) is 0 Å². The van der Waals surface area contributed by atoms with Crippen LogP contribution in [0.2, 0.25) is 0 Å². The van der Waals surface area contributed by atoms with Crippen LogP contribution in [0.15, 0.2) is 0 Å². The molecule has 0 saturated carbocycles. The molecule has 0 heterocycles. The molecule has 0 aliphatic heterocycles. The average molecular weight is 122 g/mol. The fourth-order valence-corrected chi connectivity index (χ4v) is 0. The zero-order valence-electron chi connectivity index (χ0n) is 3.52. The van der Waals surface area contributed by atoms with Crippen molar-refractivity contribution < 1.29 is 113 Å². The quantitative estimate of drug-likeness (QED) is 0.299. The predicted molar refractivity (Wildman–Crippen MR) is 7.15 cm³/mol. The topological polar surface area (TPSA) is 46.1 Å². The van der Waals surface area contributed by atoms with Gasteiger partial charge in [-0.15, -0.1) is 7.69 Å². The van der Waals surface area contributed by atoms with E-state index >= 15 is 0 Å². The number of rotatable bonds is 0. The van der Waals surface area contributed by atoms with Gasteiger partial charge in [0.05, 0.1) is 0 Å². The molecule has 0 aromatic heterocycles. The van der Waals surface area contributed by atoms with Crippen LogP contribution in [0.25, 0.3) is 0 Å². The monoisotopic (exact) mass is 122 g/mol. The summed E-state index contributed by atoms with van der Waals surface area (Å²) in [5.41, 5.74) is 0. The second-order valence-electron chi connectivity index (χ2n) is 0.118. The van der Waals surface area contributed by atoms with Gasteiger partial charge in [0.15, 0.2) is 0 Å². The summed E-state index contributed by atoms with van der Waals surface area (Å²) in [6.07, 6.45) is 0. The van der Waals surface area contributed by atoms with Crippen molar-refractivity contribution in [2.45, 2.75) is 0 Å². The minimum atomic E-state index is -1.25. The molecule has 0 aliphatic carbocycles. The first kappa shape index (κ1) is 15.7. The summed E-state index contributed by atoms with van der Waals surface area (Å²) in [4.78, 5) is 0. The Morgan fingerprint density at radius 3 is 1.00 bits per heavy atom. The molecule has 0 saturated heterocycles. The molecule has 0 aromatic carbocycles. The molecule has 0 spiro atoms. The van der Waals surface area contributed by atoms with E-state index in [2.05, 4.69) is 0 Å². The van der Waals surface area contributed by atoms with E-state index in [1.165, 1.54) is 0 Å². The average Bonchev–Trinajstić information content (AvgIpc) is 0.918. The van der Waals surface area contributed by atoms with E-state index in [1.54, 1.807) is 0 Å². The molecule has 2 nitrogen and oxygen atoms in total. The molecule has 0 aliphatic rings. The second kappa shape index (κ2) is 15.7. The van der Waals surface area contributed by atoms with E-state index in [-0.39, 0.29) is 103 Å². The molecule has 0 aromatic rings. The molecule has 5 heteroatoms. The van der Waals surface area contributed by atoms with Gasteiger partial charge in [0, 0.05) is 0 Å². The van der Waals surface area contributed by atoms with Gasteiger partial charge in [0.25, 0.3) is 0 Å². The largest absolute Gasteiger partial charge is 1.00 e. The molecular formula is HBK2O2. The normalized spacial score (nSPS) is 2.80. The molecule has 0 amide bonds. The summed E-state index contributed by atoms with van der Waals surface area (Å²) < 4.78 is 0. The van der Waals surface area contributed by atoms with E-state index < -0.39 is 7.69 Å². The molecule has 5 heavy (non-hydrogen) atoms. The Kier molecular flexibility index (Phi) is 49.3. The van der Waals surface area contributed by atoms with Gasteiger partial charge in [0.2, 0.25) is 0 Å². The van der Waals surface area contributed by atoms with Gasteiger partial charge in [-0.05, 0) is 0 Å². The summed E-state index contributed by atoms with van der Waals surface area (Å²) in [7, 11) is -1.25. The van der Waals surface area contributed by atoms with Crippen LogP contribution in [-0.2, 0) is 0 Å². The Bertz CT molecular complexity index is 7.61. The van der Waals surface area contributed by atoms with Gasteiger partial charge < -0.3 is 10.0 Å². The summed E-state index contributed by atoms with van der Waals surface area (Å²) in [5.74, 6) is 0. The van der Waals surface area contributed by atoms with E-state index in [1.807, 2.05) is 0 Å². The fraction of sp³-hybridized carbons (Fsp3) is 0. The summed E-state index contributed by atoms with van der Waals surface area (Å²) in [6, 6.07) is 0. The molecule has 0 N–H and O–H groups in total. The van der Waals surface area contributed by atoms with Crippen molar-refractivity contribution in [3.8, 4) is 0 Å². The van der Waals surface area contributed by atoms with Crippen LogP contribution in [0.1, 0.15) is 0 Å². The molecular weight excluding hydrogens is 121 g/mol. The minimum absolute atomic E-state index is 0. The first-order valence-electron chi connectivity index (χ1n) is 0.577. The summed E-state index contributed by atoms with van der Waals surface area (Å²) >= 11 is 0. The smallest absolute Gasteiger partial charge is 0.896 e. The molecule has 0 rings (SSSR count). The molecule has 0 fully saturated rings. The van der Waals surface area contributed by atoms with Crippen LogP contribution in [0.3, 0.4) is 0 Å². The van der Waals surface area contributed by atoms with E-state index in [0.29, 0.717) is 0 Å². The zero-order chi connectivity index (χ0) is 2.71. The van der Waals surface area contributed by atoms with Gasteiger partial charge in [0.1, 0.15) is 0 Å². The van der Waals surface area contributed by atoms with Crippen molar-refractivity contribution in [3.63, 3.8) is 0 Å². The van der Waals surface area contributed by atoms with Gasteiger partial charge in [-0.2, -0.15) is 0 Å². The van der Waals surface area contributed by atoms with Crippen molar-refractivity contribution in [2.24, 2.45) is 0 Å². The van der Waals surface area contributed by atoms with Crippen LogP contribution in [0, 0.1) is 0 Å². The van der Waals surface area contributed by atoms with E-state index in [4.69, 9.17) is 10.0 Å². The minimum Gasteiger partial charge on any atom is -0.896 e. The predicted octanol–water partition coefficient (Wildman–Crippen LogP) is -9.02. The maximum absolute atomic E-state index is 8.38. The number of hydrogen-bond acceptors (Lipinski definition) is 2. The van der Waals surface area contributed by atoms with Gasteiger partial charge in [-0.1, -0.05) is 0 Å². The van der Waals surface area contributed by atoms with Crippen LogP contribution < -0.4 is 113 Å². The van der Waals surface area contributed by atoms with Crippen molar-refractivity contribution in [2.75, 3.05) is 0 Å². The Labute approximate surface area is 117 Å². The zero-order valence-corrected chi connectivity index (χ0v) is 9.77. The fourth-order valence-electron chi connectivity index (χ4n) is 0. The van der Waals surface area contributed by atoms with Crippen molar-refractivity contribution in [1.29, 1.82) is 0 Å². The SMILES string of the molecule is [K+].[K+].[O-]B[O-]. The Morgan fingerprint density at radius 2 is 1.00 bits per heavy atom. The number of hydrogen-bond donors (Lipinski definition) is 0. The van der Waals surface area contributed by atoms with Crippen LogP contribution >= 0.6 is 0 Å². The second-order valence-corrected chi connectivity index (χ2v) is 0.118. The van der Waals surface area contributed by atoms with Crippen LogP contribution in [0.4, 0.5) is 0 Å². The Morgan fingerprint density at radius 1 is 1.00 bits per heavy atom. The first-order valence-corrected chi connectivity index (χ1v) is 0.577. The third kappa shape index (κ3) is 18.9. The maximum atomic E-state index is 8.38. The summed E-state index contributed by atoms with van der Waals surface area (Å²) in [6.45, 7) is 0. The Hall–Kier alpha value is 3.26. The van der Waals surface area contributed by atoms with Crippen LogP contribution in [0.5, 0.6) is 0 Å². The molecule has 0 unspecified atom stereocenters. The third-order valence-electron chi connectivity index (χ3n) is 0. The Balaban J connectivity index is -0.0000000200. The van der Waals surface area contributed by atoms with Crippen molar-refractivity contribution in [3.05, 3.63) is 0 Å². The van der Waals surface area contributed by atoms with Gasteiger partial charge in [-0.3, -0.25) is 0 Å². The van der Waals surface area contributed by atoms with E-state index in [9.17, 15) is 0 Å². The first-order chi connectivity index (χ1) is 1.41. The van der Waals surface area contributed by atoms with Crippen molar-refractivity contribution >= 4 is 7.69 Å². The van der Waals surface area contributed by atoms with Crippen LogP contribution in [-0.4, -0.2) is 7.69 Å². The molecule has 0 atom stereocenters. The maximum Gasteiger partial charge on any atom is 1.00 e. The molecule has 18 valence electrons. The van der Waals surface area contributed by atoms with Crippen molar-refractivity contribution in [1.82, 2.24) is 0 Å². The van der Waals surface area contributed by atoms with Gasteiger partial charge >= 0.3 is 103 Å².